The van der Waals surface area contributed by atoms with E-state index in [0.29, 0.717) is 18.4 Å². The van der Waals surface area contributed by atoms with E-state index in [0.717, 1.165) is 24.2 Å². The summed E-state index contributed by atoms with van der Waals surface area (Å²) in [5.41, 5.74) is 3.06. The number of fused-ring (bicyclic) bond motifs is 3. The molecular weight excluding hydrogens is 371 g/mol. The number of ketones is 1. The van der Waals surface area contributed by atoms with Gasteiger partial charge in [0, 0.05) is 35.7 Å². The molecule has 0 aliphatic carbocycles. The van der Waals surface area contributed by atoms with E-state index in [1.165, 1.54) is 24.8 Å². The van der Waals surface area contributed by atoms with Crippen LogP contribution in [0.3, 0.4) is 0 Å². The number of carbonyl (C=O) groups excluding carboxylic acids is 2. The SMILES string of the molecule is COC(=O)C(=O)c1c2n(c3ccc(F)cc13)CC(N(C)Cc1ccccc1)CC2. The second-order valence-electron chi connectivity index (χ2n) is 7.51. The molecule has 1 unspecified atom stereocenters. The van der Waals surface area contributed by atoms with Gasteiger partial charge >= 0.3 is 5.97 Å². The Morgan fingerprint density at radius 3 is 2.69 bits per heavy atom. The number of likely N-dealkylation sites (N-methyl/N-ethyl adjacent to an activating group) is 1. The van der Waals surface area contributed by atoms with Crippen molar-refractivity contribution in [2.24, 2.45) is 0 Å². The van der Waals surface area contributed by atoms with Gasteiger partial charge in [-0.3, -0.25) is 9.69 Å². The van der Waals surface area contributed by atoms with Crippen molar-refractivity contribution in [2.75, 3.05) is 14.2 Å². The Labute approximate surface area is 168 Å². The molecule has 0 spiro atoms. The molecule has 2 heterocycles. The first-order valence-corrected chi connectivity index (χ1v) is 9.67. The fourth-order valence-corrected chi connectivity index (χ4v) is 4.26. The molecule has 1 atom stereocenters. The average Bonchev–Trinajstić information content (AvgIpc) is 3.05. The van der Waals surface area contributed by atoms with Crippen molar-refractivity contribution in [3.05, 3.63) is 71.2 Å². The van der Waals surface area contributed by atoms with Crippen LogP contribution in [0.1, 0.15) is 28.0 Å². The molecule has 1 aliphatic rings. The van der Waals surface area contributed by atoms with E-state index in [1.54, 1.807) is 6.07 Å². The lowest BCUT2D eigenvalue weighted by Gasteiger charge is -2.33. The third-order valence-electron chi connectivity index (χ3n) is 5.74. The molecule has 150 valence electrons. The van der Waals surface area contributed by atoms with E-state index in [-0.39, 0.29) is 11.6 Å². The van der Waals surface area contributed by atoms with Gasteiger partial charge < -0.3 is 9.30 Å². The van der Waals surface area contributed by atoms with E-state index in [2.05, 4.69) is 33.4 Å². The number of ether oxygens (including phenoxy) is 1. The zero-order chi connectivity index (χ0) is 20.5. The van der Waals surface area contributed by atoms with Gasteiger partial charge in [0.2, 0.25) is 0 Å². The minimum atomic E-state index is -0.923. The maximum atomic E-state index is 13.9. The first kappa shape index (κ1) is 19.3. The molecule has 29 heavy (non-hydrogen) atoms. The Bertz CT molecular complexity index is 1070. The molecule has 0 amide bonds. The number of hydrogen-bond donors (Lipinski definition) is 0. The Kier molecular flexibility index (Phi) is 5.20. The van der Waals surface area contributed by atoms with Crippen molar-refractivity contribution in [1.82, 2.24) is 9.47 Å². The smallest absolute Gasteiger partial charge is 0.379 e. The van der Waals surface area contributed by atoms with Crippen LogP contribution in [0.4, 0.5) is 4.39 Å². The van der Waals surface area contributed by atoms with E-state index >= 15 is 0 Å². The topological polar surface area (TPSA) is 51.5 Å². The van der Waals surface area contributed by atoms with E-state index < -0.39 is 17.6 Å². The summed E-state index contributed by atoms with van der Waals surface area (Å²) in [6.07, 6.45) is 1.49. The Morgan fingerprint density at radius 2 is 1.97 bits per heavy atom. The van der Waals surface area contributed by atoms with Gasteiger partial charge in [0.05, 0.1) is 12.7 Å². The summed E-state index contributed by atoms with van der Waals surface area (Å²) < 4.78 is 20.6. The standard InChI is InChI=1S/C23H23FN2O3/c1-25(13-15-6-4-3-5-7-15)17-9-11-20-21(22(27)23(28)29-2)18-12-16(24)8-10-19(18)26(20)14-17/h3-8,10,12,17H,9,11,13-14H2,1-2H3. The summed E-state index contributed by atoms with van der Waals surface area (Å²) in [5, 5.41) is 0.474. The number of carbonyl (C=O) groups is 2. The van der Waals surface area contributed by atoms with Gasteiger partial charge in [-0.1, -0.05) is 30.3 Å². The van der Waals surface area contributed by atoms with Crippen LogP contribution in [0.15, 0.2) is 48.5 Å². The van der Waals surface area contributed by atoms with Crippen LogP contribution in [-0.2, 0) is 29.0 Å². The van der Waals surface area contributed by atoms with Gasteiger partial charge in [0.1, 0.15) is 5.82 Å². The van der Waals surface area contributed by atoms with Gasteiger partial charge in [0.15, 0.2) is 0 Å². The van der Waals surface area contributed by atoms with Crippen LogP contribution in [0, 0.1) is 5.82 Å². The molecule has 0 saturated heterocycles. The lowest BCUT2D eigenvalue weighted by Crippen LogP contribution is -2.38. The molecular formula is C23H23FN2O3. The second-order valence-corrected chi connectivity index (χ2v) is 7.51. The monoisotopic (exact) mass is 394 g/mol. The molecule has 0 bridgehead atoms. The van der Waals surface area contributed by atoms with Gasteiger partial charge in [-0.05, 0) is 43.7 Å². The fourth-order valence-electron chi connectivity index (χ4n) is 4.26. The van der Waals surface area contributed by atoms with Crippen molar-refractivity contribution in [1.29, 1.82) is 0 Å². The third kappa shape index (κ3) is 3.56. The Balaban J connectivity index is 1.70. The highest BCUT2D eigenvalue weighted by molar-refractivity contribution is 6.43. The summed E-state index contributed by atoms with van der Waals surface area (Å²) in [6.45, 7) is 1.50. The minimum absolute atomic E-state index is 0.268. The molecule has 6 heteroatoms. The van der Waals surface area contributed by atoms with Crippen molar-refractivity contribution >= 4 is 22.7 Å². The predicted molar refractivity (Wildman–Crippen MR) is 108 cm³/mol. The third-order valence-corrected chi connectivity index (χ3v) is 5.74. The van der Waals surface area contributed by atoms with Crippen molar-refractivity contribution in [3.8, 4) is 0 Å². The van der Waals surface area contributed by atoms with Crippen LogP contribution in [0.5, 0.6) is 0 Å². The summed E-state index contributed by atoms with van der Waals surface area (Å²) in [7, 11) is 3.27. The minimum Gasteiger partial charge on any atom is -0.463 e. The van der Waals surface area contributed by atoms with Crippen molar-refractivity contribution < 1.29 is 18.7 Å². The predicted octanol–water partition coefficient (Wildman–Crippen LogP) is 3.58. The van der Waals surface area contributed by atoms with Crippen molar-refractivity contribution in [2.45, 2.75) is 32.0 Å². The summed E-state index contributed by atoms with van der Waals surface area (Å²) in [5.74, 6) is -2.07. The van der Waals surface area contributed by atoms with Crippen LogP contribution in [0.2, 0.25) is 0 Å². The molecule has 5 nitrogen and oxygen atoms in total. The second kappa shape index (κ2) is 7.79. The fraction of sp³-hybridized carbons (Fsp3) is 0.304. The van der Waals surface area contributed by atoms with Gasteiger partial charge in [0.25, 0.3) is 5.78 Å². The highest BCUT2D eigenvalue weighted by atomic mass is 19.1. The number of methoxy groups -OCH3 is 1. The number of aromatic nitrogens is 1. The quantitative estimate of drug-likeness (QED) is 0.377. The highest BCUT2D eigenvalue weighted by Crippen LogP contribution is 2.33. The Morgan fingerprint density at radius 1 is 1.21 bits per heavy atom. The maximum absolute atomic E-state index is 13.9. The van der Waals surface area contributed by atoms with Crippen LogP contribution < -0.4 is 0 Å². The molecule has 0 radical (unpaired) electrons. The number of rotatable bonds is 5. The summed E-state index contributed by atoms with van der Waals surface area (Å²) in [4.78, 5) is 26.9. The number of halogens is 1. The Hall–Kier alpha value is -2.99. The zero-order valence-corrected chi connectivity index (χ0v) is 16.5. The molecule has 1 aliphatic heterocycles. The van der Waals surface area contributed by atoms with Crippen LogP contribution in [-0.4, -0.2) is 41.4 Å². The van der Waals surface area contributed by atoms with Gasteiger partial charge in [-0.2, -0.15) is 0 Å². The zero-order valence-electron chi connectivity index (χ0n) is 16.5. The first-order chi connectivity index (χ1) is 14.0. The lowest BCUT2D eigenvalue weighted by atomic mass is 9.98. The summed E-state index contributed by atoms with van der Waals surface area (Å²) in [6, 6.07) is 14.9. The molecule has 0 N–H and O–H groups in total. The summed E-state index contributed by atoms with van der Waals surface area (Å²) >= 11 is 0. The van der Waals surface area contributed by atoms with E-state index in [4.69, 9.17) is 0 Å². The molecule has 3 aromatic rings. The number of hydrogen-bond acceptors (Lipinski definition) is 4. The number of benzene rings is 2. The van der Waals surface area contributed by atoms with E-state index in [1.807, 2.05) is 18.2 Å². The van der Waals surface area contributed by atoms with Crippen molar-refractivity contribution in [3.63, 3.8) is 0 Å². The normalized spacial score (nSPS) is 16.1. The van der Waals surface area contributed by atoms with Gasteiger partial charge in [-0.15, -0.1) is 0 Å². The molecule has 1 aromatic heterocycles. The molecule has 0 saturated carbocycles. The average molecular weight is 394 g/mol. The largest absolute Gasteiger partial charge is 0.463 e. The van der Waals surface area contributed by atoms with Crippen LogP contribution >= 0.6 is 0 Å². The highest BCUT2D eigenvalue weighted by Gasteiger charge is 2.32. The number of Topliss-reactive ketones (excluding diaryl/α,β-unsaturated/α-hetero) is 1. The molecule has 0 fully saturated rings. The lowest BCUT2D eigenvalue weighted by molar-refractivity contribution is -0.135. The number of esters is 1. The van der Waals surface area contributed by atoms with Crippen LogP contribution in [0.25, 0.3) is 10.9 Å². The van der Waals surface area contributed by atoms with Gasteiger partial charge in [-0.25, -0.2) is 9.18 Å². The molecule has 4 rings (SSSR count). The number of nitrogens with zero attached hydrogens (tertiary/aromatic N) is 2. The molecule has 2 aromatic carbocycles. The maximum Gasteiger partial charge on any atom is 0.379 e. The van der Waals surface area contributed by atoms with E-state index in [9.17, 15) is 14.0 Å². The first-order valence-electron chi connectivity index (χ1n) is 9.67.